The molecule has 8 nitrogen and oxygen atoms in total. The van der Waals surface area contributed by atoms with Crippen LogP contribution in [0.2, 0.25) is 0 Å². The summed E-state index contributed by atoms with van der Waals surface area (Å²) in [7, 11) is 0. The SMILES string of the molecule is O=C1c2ccccc2C2(c3ccc(O)cc3Oc3cc(O)ccc32)N1/N=C/c1ccc(O)cc1O. The highest BCUT2D eigenvalue weighted by Gasteiger charge is 2.57. The van der Waals surface area contributed by atoms with Gasteiger partial charge in [0.2, 0.25) is 0 Å². The lowest BCUT2D eigenvalue weighted by atomic mass is 9.75. The normalized spacial score (nSPS) is 15.1. The predicted molar refractivity (Wildman–Crippen MR) is 126 cm³/mol. The Morgan fingerprint density at radius 2 is 1.34 bits per heavy atom. The van der Waals surface area contributed by atoms with E-state index in [9.17, 15) is 25.2 Å². The Labute approximate surface area is 199 Å². The van der Waals surface area contributed by atoms with Gasteiger partial charge in [-0.05, 0) is 42.5 Å². The molecule has 0 saturated carbocycles. The highest BCUT2D eigenvalue weighted by molar-refractivity contribution is 6.03. The Morgan fingerprint density at radius 3 is 2.00 bits per heavy atom. The van der Waals surface area contributed by atoms with Gasteiger partial charge in [-0.15, -0.1) is 0 Å². The van der Waals surface area contributed by atoms with Crippen molar-refractivity contribution < 1.29 is 30.0 Å². The first-order valence-electron chi connectivity index (χ1n) is 10.7. The van der Waals surface area contributed by atoms with Gasteiger partial charge in [-0.1, -0.05) is 18.2 Å². The predicted octanol–water partition coefficient (Wildman–Crippen LogP) is 4.40. The zero-order chi connectivity index (χ0) is 24.3. The highest BCUT2D eigenvalue weighted by atomic mass is 16.5. The van der Waals surface area contributed by atoms with Crippen LogP contribution in [0.3, 0.4) is 0 Å². The van der Waals surface area contributed by atoms with Crippen molar-refractivity contribution in [2.24, 2.45) is 5.10 Å². The third-order valence-electron chi connectivity index (χ3n) is 6.31. The van der Waals surface area contributed by atoms with Crippen molar-refractivity contribution in [1.29, 1.82) is 0 Å². The van der Waals surface area contributed by atoms with Crippen molar-refractivity contribution in [2.75, 3.05) is 0 Å². The summed E-state index contributed by atoms with van der Waals surface area (Å²) in [5, 5.41) is 46.0. The van der Waals surface area contributed by atoms with Gasteiger partial charge in [-0.25, -0.2) is 5.01 Å². The fourth-order valence-electron chi connectivity index (χ4n) is 4.84. The van der Waals surface area contributed by atoms with E-state index in [0.717, 1.165) is 0 Å². The van der Waals surface area contributed by atoms with Crippen LogP contribution < -0.4 is 4.74 Å². The molecule has 2 aliphatic rings. The molecule has 35 heavy (non-hydrogen) atoms. The lowest BCUT2D eigenvalue weighted by Crippen LogP contribution is -2.44. The molecule has 0 aromatic heterocycles. The van der Waals surface area contributed by atoms with Gasteiger partial charge in [-0.3, -0.25) is 4.79 Å². The van der Waals surface area contributed by atoms with Gasteiger partial charge in [0.1, 0.15) is 40.0 Å². The first-order chi connectivity index (χ1) is 16.9. The summed E-state index contributed by atoms with van der Waals surface area (Å²) in [5.74, 6) is -0.119. The van der Waals surface area contributed by atoms with Crippen LogP contribution in [0.1, 0.15) is 32.6 Å². The topological polar surface area (TPSA) is 123 Å². The molecule has 172 valence electrons. The van der Waals surface area contributed by atoms with Crippen molar-refractivity contribution in [3.8, 4) is 34.5 Å². The van der Waals surface area contributed by atoms with Gasteiger partial charge < -0.3 is 25.2 Å². The molecule has 0 atom stereocenters. The number of rotatable bonds is 2. The number of amides is 1. The number of phenolic OH excluding ortho intramolecular Hbond substituents is 4. The number of carbonyl (C=O) groups is 1. The molecule has 8 heteroatoms. The average molecular weight is 466 g/mol. The maximum absolute atomic E-state index is 13.8. The number of nitrogens with zero attached hydrogens (tertiary/aromatic N) is 2. The van der Waals surface area contributed by atoms with Crippen molar-refractivity contribution >= 4 is 12.1 Å². The molecular weight excluding hydrogens is 448 g/mol. The molecule has 6 rings (SSSR count). The van der Waals surface area contributed by atoms with E-state index < -0.39 is 5.54 Å². The number of aromatic hydroxyl groups is 4. The maximum atomic E-state index is 13.8. The van der Waals surface area contributed by atoms with E-state index in [-0.39, 0.29) is 28.9 Å². The lowest BCUT2D eigenvalue weighted by Gasteiger charge is -2.41. The Bertz CT molecular complexity index is 1510. The summed E-state index contributed by atoms with van der Waals surface area (Å²) in [4.78, 5) is 13.8. The van der Waals surface area contributed by atoms with Gasteiger partial charge in [0.05, 0.1) is 6.21 Å². The monoisotopic (exact) mass is 466 g/mol. The van der Waals surface area contributed by atoms with E-state index in [1.54, 1.807) is 24.3 Å². The standard InChI is InChI=1S/C27H18N2O6/c30-16-6-5-15(23(33)11-16)14-28-29-26(34)19-3-1-2-4-20(19)27(29)21-9-7-17(31)12-24(21)35-25-13-18(32)8-10-22(25)27/h1-14,30-33H/b28-14+. The lowest BCUT2D eigenvalue weighted by molar-refractivity contribution is 0.0675. The number of phenols is 4. The number of hydrogen-bond donors (Lipinski definition) is 4. The quantitative estimate of drug-likeness (QED) is 0.325. The molecule has 0 bridgehead atoms. The van der Waals surface area contributed by atoms with Crippen LogP contribution in [0.5, 0.6) is 34.5 Å². The molecule has 4 aromatic carbocycles. The van der Waals surface area contributed by atoms with E-state index in [0.29, 0.717) is 39.3 Å². The minimum Gasteiger partial charge on any atom is -0.508 e. The summed E-state index contributed by atoms with van der Waals surface area (Å²) in [6.45, 7) is 0. The molecule has 0 aliphatic carbocycles. The first-order valence-corrected chi connectivity index (χ1v) is 10.7. The van der Waals surface area contributed by atoms with Crippen molar-refractivity contribution in [1.82, 2.24) is 5.01 Å². The fraction of sp³-hybridized carbons (Fsp3) is 0.0370. The zero-order valence-corrected chi connectivity index (χ0v) is 18.1. The highest BCUT2D eigenvalue weighted by Crippen LogP contribution is 2.58. The minimum atomic E-state index is -1.28. The number of ether oxygens (including phenoxy) is 1. The second-order valence-electron chi connectivity index (χ2n) is 8.32. The Hall–Kier alpha value is -4.98. The Morgan fingerprint density at radius 1 is 0.743 bits per heavy atom. The summed E-state index contributed by atoms with van der Waals surface area (Å²) >= 11 is 0. The van der Waals surface area contributed by atoms with Gasteiger partial charge in [0.25, 0.3) is 5.91 Å². The van der Waals surface area contributed by atoms with E-state index in [1.807, 2.05) is 12.1 Å². The van der Waals surface area contributed by atoms with Crippen LogP contribution in [0.15, 0.2) is 84.0 Å². The van der Waals surface area contributed by atoms with Crippen molar-refractivity contribution in [3.05, 3.63) is 107 Å². The van der Waals surface area contributed by atoms with Gasteiger partial charge in [0.15, 0.2) is 0 Å². The molecular formula is C27H18N2O6. The zero-order valence-electron chi connectivity index (χ0n) is 18.1. The van der Waals surface area contributed by atoms with Crippen LogP contribution >= 0.6 is 0 Å². The van der Waals surface area contributed by atoms with Crippen LogP contribution in [0, 0.1) is 0 Å². The van der Waals surface area contributed by atoms with E-state index in [1.165, 1.54) is 53.7 Å². The smallest absolute Gasteiger partial charge is 0.275 e. The third kappa shape index (κ3) is 2.86. The molecule has 1 amide bonds. The third-order valence-corrected chi connectivity index (χ3v) is 6.31. The number of hydrogen-bond acceptors (Lipinski definition) is 7. The van der Waals surface area contributed by atoms with E-state index >= 15 is 0 Å². The number of benzene rings is 4. The van der Waals surface area contributed by atoms with Crippen LogP contribution in [-0.4, -0.2) is 37.6 Å². The van der Waals surface area contributed by atoms with Gasteiger partial charge in [-0.2, -0.15) is 5.10 Å². The van der Waals surface area contributed by atoms with Crippen molar-refractivity contribution in [2.45, 2.75) is 5.54 Å². The fourth-order valence-corrected chi connectivity index (χ4v) is 4.84. The average Bonchev–Trinajstić information content (AvgIpc) is 3.07. The largest absolute Gasteiger partial charge is 0.508 e. The number of fused-ring (bicyclic) bond motifs is 6. The van der Waals surface area contributed by atoms with E-state index in [2.05, 4.69) is 5.10 Å². The molecule has 4 N–H and O–H groups in total. The molecule has 2 aliphatic heterocycles. The molecule has 0 fully saturated rings. The molecule has 0 saturated heterocycles. The van der Waals surface area contributed by atoms with Crippen LogP contribution in [0.25, 0.3) is 0 Å². The second-order valence-corrected chi connectivity index (χ2v) is 8.32. The van der Waals surface area contributed by atoms with Crippen molar-refractivity contribution in [3.63, 3.8) is 0 Å². The minimum absolute atomic E-state index is 0.0239. The summed E-state index contributed by atoms with van der Waals surface area (Å²) in [6, 6.07) is 20.5. The molecule has 2 heterocycles. The maximum Gasteiger partial charge on any atom is 0.275 e. The number of carbonyl (C=O) groups excluding carboxylic acids is 1. The van der Waals surface area contributed by atoms with Crippen LogP contribution in [-0.2, 0) is 5.54 Å². The molecule has 1 spiro atoms. The van der Waals surface area contributed by atoms with Gasteiger partial charge in [0, 0.05) is 46.0 Å². The van der Waals surface area contributed by atoms with Crippen LogP contribution in [0.4, 0.5) is 0 Å². The molecule has 0 radical (unpaired) electrons. The molecule has 4 aromatic rings. The Kier molecular flexibility index (Phi) is 4.28. The summed E-state index contributed by atoms with van der Waals surface area (Å²) < 4.78 is 6.04. The summed E-state index contributed by atoms with van der Waals surface area (Å²) in [6.07, 6.45) is 1.34. The first kappa shape index (κ1) is 20.6. The number of hydrazone groups is 1. The molecule has 0 unspecified atom stereocenters. The van der Waals surface area contributed by atoms with Gasteiger partial charge >= 0.3 is 0 Å². The van der Waals surface area contributed by atoms with E-state index in [4.69, 9.17) is 4.74 Å². The Balaban J connectivity index is 1.67. The second kappa shape index (κ2) is 7.26. The summed E-state index contributed by atoms with van der Waals surface area (Å²) in [5.41, 5.74) is 1.24.